The molecule has 1 aromatic carbocycles. The number of benzene rings is 1. The lowest BCUT2D eigenvalue weighted by Crippen LogP contribution is -2.12. The van der Waals surface area contributed by atoms with Crippen LogP contribution in [0.1, 0.15) is 52.8 Å². The predicted octanol–water partition coefficient (Wildman–Crippen LogP) is 3.90. The number of carboxylic acid groups (broad SMARTS) is 1. The van der Waals surface area contributed by atoms with Crippen molar-refractivity contribution in [3.05, 3.63) is 52.5 Å². The molecule has 0 spiro atoms. The normalized spacial score (nSPS) is 11.7. The Kier molecular flexibility index (Phi) is 5.02. The van der Waals surface area contributed by atoms with E-state index in [2.05, 4.69) is 35.9 Å². The molecule has 3 rings (SSSR count). The molecule has 142 valence electrons. The van der Waals surface area contributed by atoms with Crippen molar-refractivity contribution < 1.29 is 9.90 Å². The first-order valence-electron chi connectivity index (χ1n) is 9.07. The number of carboxylic acids is 1. The third kappa shape index (κ3) is 3.45. The summed E-state index contributed by atoms with van der Waals surface area (Å²) in [5, 5.41) is 14.4. The van der Waals surface area contributed by atoms with Crippen molar-refractivity contribution in [1.82, 2.24) is 19.5 Å². The Labute approximate surface area is 159 Å². The Morgan fingerprint density at radius 1 is 1.19 bits per heavy atom. The van der Waals surface area contributed by atoms with Gasteiger partial charge in [-0.15, -0.1) is 0 Å². The Bertz CT molecular complexity index is 998. The minimum Gasteiger partial charge on any atom is -0.477 e. The molecule has 0 aliphatic heterocycles. The zero-order valence-electron chi connectivity index (χ0n) is 16.7. The molecule has 2 aromatic heterocycles. The lowest BCUT2D eigenvalue weighted by molar-refractivity contribution is 0.0690. The molecule has 6 nitrogen and oxygen atoms in total. The molecule has 0 saturated heterocycles. The van der Waals surface area contributed by atoms with Gasteiger partial charge in [-0.1, -0.05) is 32.0 Å². The highest BCUT2D eigenvalue weighted by molar-refractivity contribution is 5.89. The van der Waals surface area contributed by atoms with Crippen LogP contribution in [0.2, 0.25) is 0 Å². The summed E-state index contributed by atoms with van der Waals surface area (Å²) in [5.74, 6) is -0.909. The SMILES string of the molecule is Cc1cccc(C)c1-c1c(CN(C)C)nn2c(C(C)C)cc(C(=O)O)nc12. The monoisotopic (exact) mass is 366 g/mol. The highest BCUT2D eigenvalue weighted by atomic mass is 16.4. The van der Waals surface area contributed by atoms with Gasteiger partial charge in [0.2, 0.25) is 0 Å². The maximum Gasteiger partial charge on any atom is 0.354 e. The summed E-state index contributed by atoms with van der Waals surface area (Å²) in [6.07, 6.45) is 0. The molecule has 0 aliphatic rings. The number of nitrogens with zero attached hydrogens (tertiary/aromatic N) is 4. The van der Waals surface area contributed by atoms with Crippen molar-refractivity contribution in [2.75, 3.05) is 14.1 Å². The van der Waals surface area contributed by atoms with Gasteiger partial charge >= 0.3 is 5.97 Å². The topological polar surface area (TPSA) is 70.7 Å². The molecular weight excluding hydrogens is 340 g/mol. The highest BCUT2D eigenvalue weighted by Crippen LogP contribution is 2.35. The molecule has 2 heterocycles. The van der Waals surface area contributed by atoms with Crippen molar-refractivity contribution in [2.24, 2.45) is 0 Å². The molecular formula is C21H26N4O2. The number of aromatic nitrogens is 3. The van der Waals surface area contributed by atoms with Crippen LogP contribution < -0.4 is 0 Å². The fourth-order valence-corrected chi connectivity index (χ4v) is 3.48. The molecule has 0 unspecified atom stereocenters. The number of aromatic carboxylic acids is 1. The van der Waals surface area contributed by atoms with Gasteiger partial charge in [0, 0.05) is 12.2 Å². The molecule has 27 heavy (non-hydrogen) atoms. The predicted molar refractivity (Wildman–Crippen MR) is 106 cm³/mol. The first-order chi connectivity index (χ1) is 12.7. The first-order valence-corrected chi connectivity index (χ1v) is 9.07. The van der Waals surface area contributed by atoms with Gasteiger partial charge in [-0.3, -0.25) is 0 Å². The second-order valence-corrected chi connectivity index (χ2v) is 7.59. The third-order valence-electron chi connectivity index (χ3n) is 4.70. The van der Waals surface area contributed by atoms with E-state index in [1.807, 2.05) is 38.5 Å². The van der Waals surface area contributed by atoms with Crippen molar-refractivity contribution in [3.63, 3.8) is 0 Å². The summed E-state index contributed by atoms with van der Waals surface area (Å²) in [6.45, 7) is 8.84. The molecule has 0 atom stereocenters. The minimum absolute atomic E-state index is 0.0509. The number of hydrogen-bond acceptors (Lipinski definition) is 4. The van der Waals surface area contributed by atoms with Crippen LogP contribution in [0.15, 0.2) is 24.3 Å². The molecule has 0 radical (unpaired) electrons. The minimum atomic E-state index is -1.03. The highest BCUT2D eigenvalue weighted by Gasteiger charge is 2.23. The second kappa shape index (κ2) is 7.12. The Balaban J connectivity index is 2.47. The number of fused-ring (bicyclic) bond motifs is 1. The molecule has 0 fully saturated rings. The van der Waals surface area contributed by atoms with Crippen LogP contribution in [0.4, 0.5) is 0 Å². The van der Waals surface area contributed by atoms with Gasteiger partial charge in [0.05, 0.1) is 11.3 Å². The van der Waals surface area contributed by atoms with Gasteiger partial charge in [-0.2, -0.15) is 5.10 Å². The second-order valence-electron chi connectivity index (χ2n) is 7.59. The van der Waals surface area contributed by atoms with E-state index in [4.69, 9.17) is 5.10 Å². The largest absolute Gasteiger partial charge is 0.477 e. The Morgan fingerprint density at radius 2 is 1.81 bits per heavy atom. The third-order valence-corrected chi connectivity index (χ3v) is 4.70. The van der Waals surface area contributed by atoms with Gasteiger partial charge in [0.1, 0.15) is 0 Å². The molecule has 1 N–H and O–H groups in total. The summed E-state index contributed by atoms with van der Waals surface area (Å²) in [5.41, 5.74) is 6.64. The van der Waals surface area contributed by atoms with E-state index < -0.39 is 5.97 Å². The average molecular weight is 366 g/mol. The maximum absolute atomic E-state index is 11.7. The van der Waals surface area contributed by atoms with Crippen molar-refractivity contribution in [1.29, 1.82) is 0 Å². The number of carbonyl (C=O) groups is 1. The van der Waals surface area contributed by atoms with Gasteiger partial charge in [-0.25, -0.2) is 14.3 Å². The molecule has 0 aliphatic carbocycles. The smallest absolute Gasteiger partial charge is 0.354 e. The molecule has 0 bridgehead atoms. The van der Waals surface area contributed by atoms with Crippen LogP contribution >= 0.6 is 0 Å². The van der Waals surface area contributed by atoms with Gasteiger partial charge in [-0.05, 0) is 56.6 Å². The lowest BCUT2D eigenvalue weighted by atomic mass is 9.95. The van der Waals surface area contributed by atoms with E-state index in [9.17, 15) is 9.90 Å². The van der Waals surface area contributed by atoms with E-state index in [0.29, 0.717) is 12.2 Å². The zero-order valence-corrected chi connectivity index (χ0v) is 16.7. The lowest BCUT2D eigenvalue weighted by Gasteiger charge is -2.13. The number of aryl methyl sites for hydroxylation is 2. The summed E-state index contributed by atoms with van der Waals surface area (Å²) < 4.78 is 1.82. The van der Waals surface area contributed by atoms with Gasteiger partial charge < -0.3 is 10.0 Å². The summed E-state index contributed by atoms with van der Waals surface area (Å²) >= 11 is 0. The van der Waals surface area contributed by atoms with Crippen LogP contribution in [-0.2, 0) is 6.54 Å². The fraction of sp³-hybridized carbons (Fsp3) is 0.381. The van der Waals surface area contributed by atoms with Crippen LogP contribution in [0, 0.1) is 13.8 Å². The van der Waals surface area contributed by atoms with Gasteiger partial charge in [0.15, 0.2) is 11.3 Å². The molecule has 0 amide bonds. The quantitative estimate of drug-likeness (QED) is 0.742. The van der Waals surface area contributed by atoms with E-state index in [-0.39, 0.29) is 11.6 Å². The Morgan fingerprint density at radius 3 is 2.33 bits per heavy atom. The first kappa shape index (κ1) is 19.0. The van der Waals surface area contributed by atoms with Crippen LogP contribution in [0.3, 0.4) is 0 Å². The van der Waals surface area contributed by atoms with Crippen LogP contribution in [0.5, 0.6) is 0 Å². The van der Waals surface area contributed by atoms with Crippen molar-refractivity contribution in [3.8, 4) is 11.1 Å². The summed E-state index contributed by atoms with van der Waals surface area (Å²) in [4.78, 5) is 18.2. The van der Waals surface area contributed by atoms with E-state index in [1.165, 1.54) is 0 Å². The van der Waals surface area contributed by atoms with E-state index in [0.717, 1.165) is 33.6 Å². The van der Waals surface area contributed by atoms with E-state index in [1.54, 1.807) is 6.07 Å². The van der Waals surface area contributed by atoms with Crippen LogP contribution in [-0.4, -0.2) is 44.7 Å². The van der Waals surface area contributed by atoms with Gasteiger partial charge in [0.25, 0.3) is 0 Å². The average Bonchev–Trinajstić information content (AvgIpc) is 2.90. The summed E-state index contributed by atoms with van der Waals surface area (Å²) in [6, 6.07) is 7.79. The number of hydrogen-bond donors (Lipinski definition) is 1. The number of rotatable bonds is 5. The van der Waals surface area contributed by atoms with Crippen molar-refractivity contribution >= 4 is 11.6 Å². The summed E-state index contributed by atoms with van der Waals surface area (Å²) in [7, 11) is 4.00. The maximum atomic E-state index is 11.7. The molecule has 0 saturated carbocycles. The Hall–Kier alpha value is -2.73. The van der Waals surface area contributed by atoms with Crippen molar-refractivity contribution in [2.45, 2.75) is 40.2 Å². The molecule has 6 heteroatoms. The zero-order chi connectivity index (χ0) is 19.9. The fourth-order valence-electron chi connectivity index (χ4n) is 3.48. The standard InChI is InChI=1S/C21H26N4O2/c1-12(2)17-10-15(21(26)27)22-20-19(16(11-24(5)6)23-25(17)20)18-13(3)8-7-9-14(18)4/h7-10,12H,11H2,1-6H3,(H,26,27). The molecule has 3 aromatic rings. The van der Waals surface area contributed by atoms with Crippen LogP contribution in [0.25, 0.3) is 16.8 Å². The van der Waals surface area contributed by atoms with E-state index >= 15 is 0 Å².